The minimum atomic E-state index is -3.89. The molecule has 0 radical (unpaired) electrons. The number of hydrogen-bond acceptors (Lipinski definition) is 6. The van der Waals surface area contributed by atoms with Gasteiger partial charge in [0.2, 0.25) is 0 Å². The Morgan fingerprint density at radius 1 is 1.19 bits per heavy atom. The zero-order valence-corrected chi connectivity index (χ0v) is 18.8. The topological polar surface area (TPSA) is 78.9 Å². The molecule has 1 heterocycles. The van der Waals surface area contributed by atoms with Crippen LogP contribution in [0.1, 0.15) is 39.2 Å². The van der Waals surface area contributed by atoms with Gasteiger partial charge in [-0.1, -0.05) is 38.5 Å². The maximum absolute atomic E-state index is 12.3. The molecular weight excluding hydrogens is 384 g/mol. The number of aryl methyl sites for hydroxylation is 1. The average molecular weight is 415 g/mol. The van der Waals surface area contributed by atoms with Crippen LogP contribution in [0.2, 0.25) is 18.1 Å². The van der Waals surface area contributed by atoms with Gasteiger partial charge in [-0.25, -0.2) is 0 Å². The van der Waals surface area contributed by atoms with Crippen LogP contribution >= 0.6 is 0 Å². The van der Waals surface area contributed by atoms with E-state index in [2.05, 4.69) is 33.9 Å². The van der Waals surface area contributed by atoms with Crippen molar-refractivity contribution in [2.45, 2.75) is 75.8 Å². The predicted octanol–water partition coefficient (Wildman–Crippen LogP) is 3.80. The Morgan fingerprint density at radius 2 is 1.78 bits per heavy atom. The molecule has 0 saturated carbocycles. The first kappa shape index (κ1) is 22.1. The van der Waals surface area contributed by atoms with Gasteiger partial charge in [-0.2, -0.15) is 8.42 Å². The van der Waals surface area contributed by atoms with Gasteiger partial charge in [-0.3, -0.25) is 8.98 Å². The molecule has 2 atom stereocenters. The Bertz CT molecular complexity index is 764. The summed E-state index contributed by atoms with van der Waals surface area (Å²) in [7, 11) is -5.93. The summed E-state index contributed by atoms with van der Waals surface area (Å²) in [5, 5.41) is 0.0229. The SMILES string of the molecule is Cc1ccc(S(=O)(=O)OC[C@H]2C[C@H](O[Si](C)(C)C(C)(C)C)CC(=O)O2)cc1. The highest BCUT2D eigenvalue weighted by Crippen LogP contribution is 2.38. The highest BCUT2D eigenvalue weighted by molar-refractivity contribution is 7.86. The normalized spacial score (nSPS) is 21.8. The van der Waals surface area contributed by atoms with Gasteiger partial charge in [0.25, 0.3) is 10.1 Å². The fourth-order valence-electron chi connectivity index (χ4n) is 2.57. The summed E-state index contributed by atoms with van der Waals surface area (Å²) < 4.78 is 41.4. The van der Waals surface area contributed by atoms with Gasteiger partial charge in [0.1, 0.15) is 12.7 Å². The highest BCUT2D eigenvalue weighted by Gasteiger charge is 2.41. The van der Waals surface area contributed by atoms with Crippen molar-refractivity contribution >= 4 is 24.4 Å². The molecule has 0 aromatic heterocycles. The minimum Gasteiger partial charge on any atom is -0.460 e. The molecule has 1 fully saturated rings. The Hall–Kier alpha value is -1.22. The summed E-state index contributed by atoms with van der Waals surface area (Å²) in [6, 6.07) is 6.42. The summed E-state index contributed by atoms with van der Waals surface area (Å²) in [6.07, 6.45) is -0.292. The molecule has 1 aliphatic heterocycles. The van der Waals surface area contributed by atoms with Crippen LogP contribution < -0.4 is 0 Å². The number of rotatable bonds is 6. The number of carbonyl (C=O) groups excluding carboxylic acids is 1. The molecule has 0 amide bonds. The smallest absolute Gasteiger partial charge is 0.308 e. The second-order valence-corrected chi connectivity index (χ2v) is 15.0. The lowest BCUT2D eigenvalue weighted by Crippen LogP contribution is -2.47. The van der Waals surface area contributed by atoms with Crippen LogP contribution in [-0.4, -0.2) is 41.5 Å². The fraction of sp³-hybridized carbons (Fsp3) is 0.632. The molecule has 0 unspecified atom stereocenters. The van der Waals surface area contributed by atoms with E-state index < -0.39 is 24.5 Å². The third-order valence-corrected chi connectivity index (χ3v) is 11.0. The van der Waals surface area contributed by atoms with E-state index in [4.69, 9.17) is 13.3 Å². The Labute approximate surface area is 163 Å². The number of cyclic esters (lactones) is 1. The lowest BCUT2D eigenvalue weighted by Gasteiger charge is -2.41. The molecule has 0 spiro atoms. The van der Waals surface area contributed by atoms with Crippen molar-refractivity contribution in [1.29, 1.82) is 0 Å². The molecule has 0 aliphatic carbocycles. The molecule has 27 heavy (non-hydrogen) atoms. The minimum absolute atomic E-state index is 0.0229. The first-order valence-corrected chi connectivity index (χ1v) is 13.5. The van der Waals surface area contributed by atoms with Crippen molar-refractivity contribution in [2.75, 3.05) is 6.61 Å². The van der Waals surface area contributed by atoms with E-state index in [-0.39, 0.29) is 35.0 Å². The number of benzene rings is 1. The molecular formula is C19H30O6SSi. The number of esters is 1. The zero-order valence-electron chi connectivity index (χ0n) is 16.9. The van der Waals surface area contributed by atoms with Crippen molar-refractivity contribution in [3.05, 3.63) is 29.8 Å². The van der Waals surface area contributed by atoms with E-state index >= 15 is 0 Å². The van der Waals surface area contributed by atoms with E-state index in [9.17, 15) is 13.2 Å². The molecule has 6 nitrogen and oxygen atoms in total. The molecule has 152 valence electrons. The van der Waals surface area contributed by atoms with Crippen LogP contribution in [0, 0.1) is 6.92 Å². The van der Waals surface area contributed by atoms with E-state index in [1.807, 2.05) is 6.92 Å². The van der Waals surface area contributed by atoms with Crippen LogP contribution in [0.3, 0.4) is 0 Å². The standard InChI is InChI=1S/C19H30O6SSi/c1-14-7-9-17(10-8-14)26(21,22)23-13-16-11-15(12-18(20)24-16)25-27(5,6)19(2,3)4/h7-10,15-16H,11-13H2,1-6H3/t15-,16+/m0/s1. The molecule has 1 aromatic carbocycles. The molecule has 0 N–H and O–H groups in total. The maximum atomic E-state index is 12.3. The summed E-state index contributed by atoms with van der Waals surface area (Å²) in [4.78, 5) is 12.0. The van der Waals surface area contributed by atoms with Crippen LogP contribution in [0.4, 0.5) is 0 Å². The quantitative estimate of drug-likeness (QED) is 0.400. The summed E-state index contributed by atoms with van der Waals surface area (Å²) in [5.74, 6) is -0.383. The van der Waals surface area contributed by atoms with Gasteiger partial charge in [0.15, 0.2) is 8.32 Å². The van der Waals surface area contributed by atoms with Crippen LogP contribution in [0.5, 0.6) is 0 Å². The second kappa shape index (κ2) is 8.03. The summed E-state index contributed by atoms with van der Waals surface area (Å²) in [6.45, 7) is 12.3. The predicted molar refractivity (Wildman–Crippen MR) is 106 cm³/mol. The third-order valence-electron chi connectivity index (χ3n) is 5.20. The molecule has 1 aromatic rings. The highest BCUT2D eigenvalue weighted by atomic mass is 32.2. The average Bonchev–Trinajstić information content (AvgIpc) is 2.51. The van der Waals surface area contributed by atoms with Gasteiger partial charge < -0.3 is 9.16 Å². The molecule has 2 rings (SSSR count). The van der Waals surface area contributed by atoms with Crippen LogP contribution in [0.25, 0.3) is 0 Å². The lowest BCUT2D eigenvalue weighted by molar-refractivity contribution is -0.161. The first-order valence-electron chi connectivity index (χ1n) is 9.13. The summed E-state index contributed by atoms with van der Waals surface area (Å²) >= 11 is 0. The lowest BCUT2D eigenvalue weighted by atomic mass is 10.1. The third kappa shape index (κ3) is 5.87. The molecule has 1 aliphatic rings. The summed E-state index contributed by atoms with van der Waals surface area (Å²) in [5.41, 5.74) is 0.959. The molecule has 8 heteroatoms. The fourth-order valence-corrected chi connectivity index (χ4v) is 4.87. The van der Waals surface area contributed by atoms with E-state index in [0.717, 1.165) is 5.56 Å². The van der Waals surface area contributed by atoms with Gasteiger partial charge >= 0.3 is 5.97 Å². The maximum Gasteiger partial charge on any atom is 0.308 e. The molecule has 0 bridgehead atoms. The van der Waals surface area contributed by atoms with Gasteiger partial charge in [-0.15, -0.1) is 0 Å². The van der Waals surface area contributed by atoms with E-state index in [1.54, 1.807) is 12.1 Å². The largest absolute Gasteiger partial charge is 0.460 e. The Balaban J connectivity index is 2.00. The number of hydrogen-bond donors (Lipinski definition) is 0. The number of carbonyl (C=O) groups is 1. The number of ether oxygens (including phenoxy) is 1. The monoisotopic (exact) mass is 414 g/mol. The van der Waals surface area contributed by atoms with Crippen LogP contribution in [0.15, 0.2) is 29.2 Å². The van der Waals surface area contributed by atoms with Gasteiger partial charge in [0, 0.05) is 6.42 Å². The van der Waals surface area contributed by atoms with E-state index in [0.29, 0.717) is 6.42 Å². The van der Waals surface area contributed by atoms with Crippen molar-refractivity contribution in [2.24, 2.45) is 0 Å². The van der Waals surface area contributed by atoms with Crippen molar-refractivity contribution in [1.82, 2.24) is 0 Å². The zero-order chi connectivity index (χ0) is 20.5. The van der Waals surface area contributed by atoms with Crippen molar-refractivity contribution in [3.8, 4) is 0 Å². The van der Waals surface area contributed by atoms with Crippen molar-refractivity contribution < 1.29 is 26.6 Å². The van der Waals surface area contributed by atoms with Gasteiger partial charge in [0.05, 0.1) is 17.4 Å². The van der Waals surface area contributed by atoms with E-state index in [1.165, 1.54) is 12.1 Å². The van der Waals surface area contributed by atoms with Gasteiger partial charge in [-0.05, 0) is 37.2 Å². The van der Waals surface area contributed by atoms with Crippen LogP contribution in [-0.2, 0) is 28.3 Å². The van der Waals surface area contributed by atoms with Crippen molar-refractivity contribution in [3.63, 3.8) is 0 Å². The first-order chi connectivity index (χ1) is 12.3. The molecule has 1 saturated heterocycles. The Kier molecular flexibility index (Phi) is 6.56. The Morgan fingerprint density at radius 3 is 2.33 bits per heavy atom. The second-order valence-electron chi connectivity index (χ2n) is 8.60.